The molecular formula is C18H30ClN3O3S. The monoisotopic (exact) mass is 403 g/mol. The smallest absolute Gasteiger partial charge is 0.243 e. The zero-order valence-electron chi connectivity index (χ0n) is 15.9. The van der Waals surface area contributed by atoms with Gasteiger partial charge >= 0.3 is 0 Å². The summed E-state index contributed by atoms with van der Waals surface area (Å²) in [5.41, 5.74) is 7.98. The molecule has 1 amide bonds. The van der Waals surface area contributed by atoms with E-state index in [1.165, 1.54) is 4.31 Å². The molecule has 0 spiro atoms. The zero-order valence-corrected chi connectivity index (χ0v) is 17.6. The molecule has 1 aliphatic rings. The first kappa shape index (κ1) is 22.9. The van der Waals surface area contributed by atoms with Crippen LogP contribution in [0.1, 0.15) is 31.4 Å². The highest BCUT2D eigenvalue weighted by Gasteiger charge is 2.31. The molecule has 1 aromatic rings. The van der Waals surface area contributed by atoms with Crippen LogP contribution >= 0.6 is 12.4 Å². The third-order valence-corrected chi connectivity index (χ3v) is 6.60. The van der Waals surface area contributed by atoms with Gasteiger partial charge in [-0.15, -0.1) is 12.4 Å². The molecule has 2 rings (SSSR count). The van der Waals surface area contributed by atoms with Crippen LogP contribution in [0.3, 0.4) is 0 Å². The number of sulfonamides is 1. The zero-order chi connectivity index (χ0) is 18.8. The Hall–Kier alpha value is -1.15. The number of amides is 1. The third kappa shape index (κ3) is 5.19. The van der Waals surface area contributed by atoms with Crippen molar-refractivity contribution in [3.8, 4) is 0 Å². The Kier molecular flexibility index (Phi) is 8.07. The molecule has 0 aromatic heterocycles. The molecule has 2 N–H and O–H groups in total. The van der Waals surface area contributed by atoms with Crippen LogP contribution in [0.5, 0.6) is 0 Å². The largest absolute Gasteiger partial charge is 0.339 e. The molecule has 1 saturated heterocycles. The van der Waals surface area contributed by atoms with E-state index in [9.17, 15) is 13.2 Å². The second kappa shape index (κ2) is 9.17. The van der Waals surface area contributed by atoms with Gasteiger partial charge in [-0.2, -0.15) is 4.31 Å². The normalized spacial score (nSPS) is 17.1. The standard InChI is InChI=1S/C18H29N3O3S.ClH/c1-13(2)11-17(19)18(22)20-7-9-21(10-8-20)25(23,24)16-6-5-14(3)15(4)12-16;/h5-6,12-13,17H,7-11,19H2,1-4H3;1H/t17-;/m0./s1. The van der Waals surface area contributed by atoms with Crippen LogP contribution in [-0.4, -0.2) is 55.8 Å². The van der Waals surface area contributed by atoms with Crippen LogP contribution in [0.2, 0.25) is 0 Å². The van der Waals surface area contributed by atoms with Gasteiger partial charge in [0.15, 0.2) is 0 Å². The van der Waals surface area contributed by atoms with Crippen molar-refractivity contribution in [2.75, 3.05) is 26.2 Å². The van der Waals surface area contributed by atoms with E-state index in [2.05, 4.69) is 0 Å². The van der Waals surface area contributed by atoms with Crippen molar-refractivity contribution >= 4 is 28.3 Å². The van der Waals surface area contributed by atoms with E-state index in [0.29, 0.717) is 43.4 Å². The number of rotatable bonds is 5. The third-order valence-electron chi connectivity index (χ3n) is 4.71. The van der Waals surface area contributed by atoms with Crippen molar-refractivity contribution < 1.29 is 13.2 Å². The van der Waals surface area contributed by atoms with Gasteiger partial charge in [-0.05, 0) is 49.4 Å². The summed E-state index contributed by atoms with van der Waals surface area (Å²) in [5.74, 6) is 0.266. The minimum atomic E-state index is -3.53. The van der Waals surface area contributed by atoms with Crippen LogP contribution < -0.4 is 5.73 Å². The Morgan fingerprint density at radius 2 is 1.69 bits per heavy atom. The molecule has 0 radical (unpaired) electrons. The SMILES string of the molecule is Cc1ccc(S(=O)(=O)N2CCN(C(=O)[C@@H](N)CC(C)C)CC2)cc1C.Cl. The van der Waals surface area contributed by atoms with Gasteiger partial charge in [-0.1, -0.05) is 19.9 Å². The quantitative estimate of drug-likeness (QED) is 0.814. The maximum Gasteiger partial charge on any atom is 0.243 e. The molecule has 0 unspecified atom stereocenters. The number of nitrogens with zero attached hydrogens (tertiary/aromatic N) is 2. The van der Waals surface area contributed by atoms with Gasteiger partial charge in [-0.3, -0.25) is 4.79 Å². The fourth-order valence-electron chi connectivity index (χ4n) is 3.02. The van der Waals surface area contributed by atoms with Crippen molar-refractivity contribution in [1.82, 2.24) is 9.21 Å². The molecule has 8 heteroatoms. The van der Waals surface area contributed by atoms with Gasteiger partial charge in [0.2, 0.25) is 15.9 Å². The molecule has 26 heavy (non-hydrogen) atoms. The maximum absolute atomic E-state index is 12.8. The fraction of sp³-hybridized carbons (Fsp3) is 0.611. The van der Waals surface area contributed by atoms with E-state index in [1.54, 1.807) is 17.0 Å². The summed E-state index contributed by atoms with van der Waals surface area (Å²) < 4.78 is 27.1. The Balaban J connectivity index is 0.00000338. The molecule has 1 aliphatic heterocycles. The second-order valence-electron chi connectivity index (χ2n) is 7.21. The van der Waals surface area contributed by atoms with Crippen molar-refractivity contribution in [2.24, 2.45) is 11.7 Å². The van der Waals surface area contributed by atoms with Gasteiger partial charge in [0.05, 0.1) is 10.9 Å². The van der Waals surface area contributed by atoms with Crippen LogP contribution in [-0.2, 0) is 14.8 Å². The summed E-state index contributed by atoms with van der Waals surface area (Å²) >= 11 is 0. The fourth-order valence-corrected chi connectivity index (χ4v) is 4.52. The summed E-state index contributed by atoms with van der Waals surface area (Å²) in [4.78, 5) is 14.4. The first-order valence-electron chi connectivity index (χ1n) is 8.74. The summed E-state index contributed by atoms with van der Waals surface area (Å²) in [5, 5.41) is 0. The van der Waals surface area contributed by atoms with Crippen molar-refractivity contribution in [1.29, 1.82) is 0 Å². The summed E-state index contributed by atoms with van der Waals surface area (Å²) in [6.45, 7) is 9.29. The lowest BCUT2D eigenvalue weighted by Gasteiger charge is -2.35. The number of hydrogen-bond acceptors (Lipinski definition) is 4. The van der Waals surface area contributed by atoms with E-state index >= 15 is 0 Å². The first-order valence-corrected chi connectivity index (χ1v) is 10.2. The highest BCUT2D eigenvalue weighted by atomic mass is 35.5. The number of carbonyl (C=O) groups excluding carboxylic acids is 1. The second-order valence-corrected chi connectivity index (χ2v) is 9.15. The van der Waals surface area contributed by atoms with E-state index in [1.807, 2.05) is 33.8 Å². The molecule has 1 atom stereocenters. The predicted molar refractivity (Wildman–Crippen MR) is 106 cm³/mol. The van der Waals surface area contributed by atoms with Gasteiger partial charge < -0.3 is 10.6 Å². The average Bonchev–Trinajstić information content (AvgIpc) is 2.56. The van der Waals surface area contributed by atoms with E-state index in [4.69, 9.17) is 5.73 Å². The molecule has 0 bridgehead atoms. The number of nitrogens with two attached hydrogens (primary N) is 1. The molecule has 148 valence electrons. The lowest BCUT2D eigenvalue weighted by molar-refractivity contribution is -0.134. The predicted octanol–water partition coefficient (Wildman–Crippen LogP) is 1.93. The van der Waals surface area contributed by atoms with E-state index < -0.39 is 16.1 Å². The Bertz CT molecular complexity index is 729. The number of halogens is 1. The van der Waals surface area contributed by atoms with Crippen LogP contribution in [0.15, 0.2) is 23.1 Å². The minimum absolute atomic E-state index is 0. The average molecular weight is 404 g/mol. The topological polar surface area (TPSA) is 83.7 Å². The van der Waals surface area contributed by atoms with E-state index in [-0.39, 0.29) is 18.3 Å². The summed E-state index contributed by atoms with van der Waals surface area (Å²) in [7, 11) is -3.53. The Labute approximate surface area is 163 Å². The number of carbonyl (C=O) groups is 1. The van der Waals surface area contributed by atoms with Gasteiger partial charge in [0.1, 0.15) is 0 Å². The Morgan fingerprint density at radius 1 is 1.12 bits per heavy atom. The number of aryl methyl sites for hydroxylation is 2. The van der Waals surface area contributed by atoms with E-state index in [0.717, 1.165) is 11.1 Å². The lowest BCUT2D eigenvalue weighted by atomic mass is 10.0. The summed E-state index contributed by atoms with van der Waals surface area (Å²) in [6.07, 6.45) is 0.639. The first-order chi connectivity index (χ1) is 11.6. The van der Waals surface area contributed by atoms with Gasteiger partial charge in [-0.25, -0.2) is 8.42 Å². The van der Waals surface area contributed by atoms with Crippen molar-refractivity contribution in [3.63, 3.8) is 0 Å². The molecule has 1 fully saturated rings. The number of hydrogen-bond donors (Lipinski definition) is 1. The minimum Gasteiger partial charge on any atom is -0.339 e. The van der Waals surface area contributed by atoms with Gasteiger partial charge in [0, 0.05) is 26.2 Å². The van der Waals surface area contributed by atoms with Crippen LogP contribution in [0.25, 0.3) is 0 Å². The molecule has 6 nitrogen and oxygen atoms in total. The van der Waals surface area contributed by atoms with Crippen LogP contribution in [0.4, 0.5) is 0 Å². The van der Waals surface area contributed by atoms with Crippen molar-refractivity contribution in [2.45, 2.75) is 45.1 Å². The van der Waals surface area contributed by atoms with Crippen LogP contribution in [0, 0.1) is 19.8 Å². The molecule has 0 aliphatic carbocycles. The molecule has 0 saturated carbocycles. The molecule has 1 aromatic carbocycles. The molecule has 1 heterocycles. The Morgan fingerprint density at radius 3 is 2.19 bits per heavy atom. The highest BCUT2D eigenvalue weighted by Crippen LogP contribution is 2.21. The van der Waals surface area contributed by atoms with Crippen molar-refractivity contribution in [3.05, 3.63) is 29.3 Å². The maximum atomic E-state index is 12.8. The number of benzene rings is 1. The highest BCUT2D eigenvalue weighted by molar-refractivity contribution is 7.89. The lowest BCUT2D eigenvalue weighted by Crippen LogP contribution is -2.54. The molecular weight excluding hydrogens is 374 g/mol. The van der Waals surface area contributed by atoms with Gasteiger partial charge in [0.25, 0.3) is 0 Å². The number of piperazine rings is 1. The summed E-state index contributed by atoms with van der Waals surface area (Å²) in [6, 6.07) is 4.67.